The first-order valence-electron chi connectivity index (χ1n) is 8.18. The summed E-state index contributed by atoms with van der Waals surface area (Å²) in [6, 6.07) is 14.0. The Bertz CT molecular complexity index is 635. The highest BCUT2D eigenvalue weighted by molar-refractivity contribution is 5.89. The van der Waals surface area contributed by atoms with Crippen LogP contribution in [0.3, 0.4) is 0 Å². The molecule has 0 unspecified atom stereocenters. The average molecular weight is 314 g/mol. The van der Waals surface area contributed by atoms with Crippen molar-refractivity contribution in [2.24, 2.45) is 0 Å². The molecule has 0 heterocycles. The van der Waals surface area contributed by atoms with Crippen LogP contribution in [0, 0.1) is 0 Å². The second-order valence-electron chi connectivity index (χ2n) is 5.94. The number of nitrogens with one attached hydrogen (secondary N) is 1. The van der Waals surface area contributed by atoms with E-state index in [2.05, 4.69) is 10.2 Å². The molecule has 0 saturated heterocycles. The van der Waals surface area contributed by atoms with Gasteiger partial charge >= 0.3 is 0 Å². The van der Waals surface area contributed by atoms with Gasteiger partial charge in [0.05, 0.1) is 0 Å². The normalized spacial score (nSPS) is 12.3. The van der Waals surface area contributed by atoms with E-state index in [1.807, 2.05) is 63.5 Å². The summed E-state index contributed by atoms with van der Waals surface area (Å²) >= 11 is 0. The molecule has 0 aromatic heterocycles. The second kappa shape index (κ2) is 8.53. The Morgan fingerprint density at radius 1 is 1.17 bits per heavy atom. The summed E-state index contributed by atoms with van der Waals surface area (Å²) < 4.78 is 5.99. The molecule has 2 aromatic rings. The van der Waals surface area contributed by atoms with E-state index >= 15 is 0 Å². The molecule has 0 radical (unpaired) electrons. The highest BCUT2D eigenvalue weighted by atomic mass is 16.5. The van der Waals surface area contributed by atoms with Crippen LogP contribution in [-0.2, 0) is 4.79 Å². The number of fused-ring (bicyclic) bond motifs is 1. The van der Waals surface area contributed by atoms with Crippen LogP contribution in [0.1, 0.15) is 19.8 Å². The zero-order valence-corrected chi connectivity index (χ0v) is 14.2. The number of carbonyl (C=O) groups is 1. The molecule has 1 atom stereocenters. The number of benzene rings is 2. The van der Waals surface area contributed by atoms with Crippen molar-refractivity contribution < 1.29 is 9.53 Å². The Labute approximate surface area is 138 Å². The van der Waals surface area contributed by atoms with Crippen LogP contribution in [0.15, 0.2) is 42.5 Å². The molecular weight excluding hydrogens is 288 g/mol. The molecule has 23 heavy (non-hydrogen) atoms. The summed E-state index contributed by atoms with van der Waals surface area (Å²) in [5.74, 6) is 0.720. The maximum absolute atomic E-state index is 12.3. The standard InChI is InChI=1S/C19H26N2O2/c1-4-17(19(22)20-13-8-14-21(2)3)23-18-12-7-10-15-9-5-6-11-16(15)18/h5-7,9-12,17H,4,8,13-14H2,1-3H3,(H,20,22)/t17-/m0/s1. The summed E-state index contributed by atoms with van der Waals surface area (Å²) in [7, 11) is 4.06. The van der Waals surface area contributed by atoms with E-state index < -0.39 is 6.10 Å². The van der Waals surface area contributed by atoms with Crippen LogP contribution in [0.4, 0.5) is 0 Å². The number of amides is 1. The van der Waals surface area contributed by atoms with E-state index in [1.165, 1.54) is 0 Å². The molecule has 1 N–H and O–H groups in total. The van der Waals surface area contributed by atoms with E-state index in [0.717, 1.165) is 29.5 Å². The molecule has 2 rings (SSSR count). The lowest BCUT2D eigenvalue weighted by atomic mass is 10.1. The van der Waals surface area contributed by atoms with Crippen LogP contribution in [0.5, 0.6) is 5.75 Å². The largest absolute Gasteiger partial charge is 0.480 e. The van der Waals surface area contributed by atoms with Crippen molar-refractivity contribution in [3.8, 4) is 5.75 Å². The van der Waals surface area contributed by atoms with Crippen molar-refractivity contribution in [2.75, 3.05) is 27.2 Å². The first kappa shape index (κ1) is 17.3. The highest BCUT2D eigenvalue weighted by Gasteiger charge is 2.18. The summed E-state index contributed by atoms with van der Waals surface area (Å²) in [6.45, 7) is 3.60. The number of carbonyl (C=O) groups excluding carboxylic acids is 1. The monoisotopic (exact) mass is 314 g/mol. The topological polar surface area (TPSA) is 41.6 Å². The SMILES string of the molecule is CC[C@H](Oc1cccc2ccccc12)C(=O)NCCCN(C)C. The first-order chi connectivity index (χ1) is 11.1. The number of nitrogens with zero attached hydrogens (tertiary/aromatic N) is 1. The molecule has 0 aliphatic heterocycles. The molecular formula is C19H26N2O2. The van der Waals surface area contributed by atoms with Crippen molar-refractivity contribution in [1.82, 2.24) is 10.2 Å². The van der Waals surface area contributed by atoms with E-state index in [0.29, 0.717) is 13.0 Å². The predicted molar refractivity (Wildman–Crippen MR) is 94.8 cm³/mol. The smallest absolute Gasteiger partial charge is 0.261 e. The van der Waals surface area contributed by atoms with Gasteiger partial charge < -0.3 is 15.0 Å². The van der Waals surface area contributed by atoms with Crippen molar-refractivity contribution >= 4 is 16.7 Å². The third kappa shape index (κ3) is 4.96. The Hall–Kier alpha value is -2.07. The summed E-state index contributed by atoms with van der Waals surface area (Å²) in [4.78, 5) is 14.4. The Morgan fingerprint density at radius 2 is 1.91 bits per heavy atom. The maximum atomic E-state index is 12.3. The van der Waals surface area contributed by atoms with Crippen molar-refractivity contribution in [1.29, 1.82) is 0 Å². The predicted octanol–water partition coefficient (Wildman–Crippen LogP) is 3.07. The summed E-state index contributed by atoms with van der Waals surface area (Å²) in [6.07, 6.45) is 1.12. The van der Waals surface area contributed by atoms with Gasteiger partial charge in [-0.1, -0.05) is 43.3 Å². The molecule has 2 aromatic carbocycles. The molecule has 124 valence electrons. The van der Waals surface area contributed by atoms with Crippen molar-refractivity contribution in [2.45, 2.75) is 25.9 Å². The molecule has 1 amide bonds. The number of ether oxygens (including phenoxy) is 1. The van der Waals surface area contributed by atoms with E-state index in [4.69, 9.17) is 4.74 Å². The van der Waals surface area contributed by atoms with Gasteiger partial charge in [0.1, 0.15) is 5.75 Å². The summed E-state index contributed by atoms with van der Waals surface area (Å²) in [5, 5.41) is 5.12. The Morgan fingerprint density at radius 3 is 2.65 bits per heavy atom. The first-order valence-corrected chi connectivity index (χ1v) is 8.18. The lowest BCUT2D eigenvalue weighted by molar-refractivity contribution is -0.128. The van der Waals surface area contributed by atoms with Crippen molar-refractivity contribution in [3.05, 3.63) is 42.5 Å². The molecule has 0 fully saturated rings. The lowest BCUT2D eigenvalue weighted by Gasteiger charge is -2.19. The second-order valence-corrected chi connectivity index (χ2v) is 5.94. The van der Waals surface area contributed by atoms with Gasteiger partial charge in [0.15, 0.2) is 6.10 Å². The zero-order valence-electron chi connectivity index (χ0n) is 14.2. The van der Waals surface area contributed by atoms with Crippen molar-refractivity contribution in [3.63, 3.8) is 0 Å². The van der Waals surface area contributed by atoms with E-state index in [9.17, 15) is 4.79 Å². The molecule has 4 heteroatoms. The van der Waals surface area contributed by atoms with Gasteiger partial charge in [-0.2, -0.15) is 0 Å². The molecule has 0 aliphatic rings. The van der Waals surface area contributed by atoms with Crippen LogP contribution < -0.4 is 10.1 Å². The number of hydrogen-bond donors (Lipinski definition) is 1. The molecule has 4 nitrogen and oxygen atoms in total. The average Bonchev–Trinajstić information content (AvgIpc) is 2.56. The van der Waals surface area contributed by atoms with Crippen LogP contribution in [0.2, 0.25) is 0 Å². The van der Waals surface area contributed by atoms with Gasteiger partial charge in [-0.15, -0.1) is 0 Å². The minimum absolute atomic E-state index is 0.0424. The molecule has 0 aliphatic carbocycles. The maximum Gasteiger partial charge on any atom is 0.261 e. The third-order valence-electron chi connectivity index (χ3n) is 3.76. The Balaban J connectivity index is 1.99. The molecule has 0 saturated carbocycles. The molecule has 0 bridgehead atoms. The lowest BCUT2D eigenvalue weighted by Crippen LogP contribution is -2.39. The zero-order chi connectivity index (χ0) is 16.7. The minimum Gasteiger partial charge on any atom is -0.480 e. The fourth-order valence-electron chi connectivity index (χ4n) is 2.49. The van der Waals surface area contributed by atoms with E-state index in [-0.39, 0.29) is 5.91 Å². The van der Waals surface area contributed by atoms with Gasteiger partial charge in [0, 0.05) is 11.9 Å². The summed E-state index contributed by atoms with van der Waals surface area (Å²) in [5.41, 5.74) is 0. The van der Waals surface area contributed by atoms with Gasteiger partial charge in [0.25, 0.3) is 5.91 Å². The number of rotatable bonds is 8. The highest BCUT2D eigenvalue weighted by Crippen LogP contribution is 2.26. The minimum atomic E-state index is -0.458. The van der Waals surface area contributed by atoms with Crippen LogP contribution in [0.25, 0.3) is 10.8 Å². The fourth-order valence-corrected chi connectivity index (χ4v) is 2.49. The van der Waals surface area contributed by atoms with Gasteiger partial charge in [0.2, 0.25) is 0 Å². The molecule has 0 spiro atoms. The number of hydrogen-bond acceptors (Lipinski definition) is 3. The fraction of sp³-hybridized carbons (Fsp3) is 0.421. The van der Waals surface area contributed by atoms with Gasteiger partial charge in [-0.3, -0.25) is 4.79 Å². The van der Waals surface area contributed by atoms with Gasteiger partial charge in [-0.05, 0) is 44.9 Å². The quantitative estimate of drug-likeness (QED) is 0.761. The van der Waals surface area contributed by atoms with Crippen LogP contribution in [-0.4, -0.2) is 44.1 Å². The Kier molecular flexibility index (Phi) is 6.41. The van der Waals surface area contributed by atoms with Crippen LogP contribution >= 0.6 is 0 Å². The third-order valence-corrected chi connectivity index (χ3v) is 3.76. The van der Waals surface area contributed by atoms with E-state index in [1.54, 1.807) is 0 Å². The van der Waals surface area contributed by atoms with Gasteiger partial charge in [-0.25, -0.2) is 0 Å².